The topological polar surface area (TPSA) is 102 Å². The number of aliphatic hydroxyl groups is 1. The lowest BCUT2D eigenvalue weighted by atomic mass is 10.3. The maximum atomic E-state index is 11.9. The van der Waals surface area contributed by atoms with E-state index in [1.165, 1.54) is 36.3 Å². The Morgan fingerprint density at radius 3 is 2.81 bits per heavy atom. The van der Waals surface area contributed by atoms with Crippen LogP contribution in [-0.2, 0) is 9.53 Å². The van der Waals surface area contributed by atoms with Gasteiger partial charge in [0.2, 0.25) is 0 Å². The Balaban J connectivity index is 2.57. The number of rotatable bonds is 9. The van der Waals surface area contributed by atoms with Crippen molar-refractivity contribution < 1.29 is 24.3 Å². The van der Waals surface area contributed by atoms with Gasteiger partial charge in [-0.1, -0.05) is 6.07 Å². The van der Waals surface area contributed by atoms with E-state index in [2.05, 4.69) is 0 Å². The van der Waals surface area contributed by atoms with Gasteiger partial charge in [-0.25, -0.2) is 0 Å². The smallest absolute Gasteiger partial charge is 0.273 e. The Morgan fingerprint density at radius 2 is 2.19 bits per heavy atom. The fourth-order valence-electron chi connectivity index (χ4n) is 1.61. The summed E-state index contributed by atoms with van der Waals surface area (Å²) in [6.45, 7) is 0.453. The minimum atomic E-state index is -0.536. The molecule has 1 rings (SSSR count). The Hall–Kier alpha value is -2.19. The minimum Gasteiger partial charge on any atom is -0.484 e. The molecule has 0 spiro atoms. The van der Waals surface area contributed by atoms with Crippen molar-refractivity contribution in [1.82, 2.24) is 4.90 Å². The summed E-state index contributed by atoms with van der Waals surface area (Å²) >= 11 is 0. The van der Waals surface area contributed by atoms with Crippen LogP contribution < -0.4 is 4.74 Å². The van der Waals surface area contributed by atoms with Gasteiger partial charge >= 0.3 is 0 Å². The second kappa shape index (κ2) is 8.88. The van der Waals surface area contributed by atoms with E-state index >= 15 is 0 Å². The summed E-state index contributed by atoms with van der Waals surface area (Å²) in [7, 11) is 1.52. The molecule has 0 aliphatic rings. The highest BCUT2D eigenvalue weighted by molar-refractivity contribution is 5.77. The van der Waals surface area contributed by atoms with Crippen molar-refractivity contribution in [2.45, 2.75) is 0 Å². The number of hydrogen-bond donors (Lipinski definition) is 1. The number of amides is 1. The monoisotopic (exact) mass is 298 g/mol. The number of hydrogen-bond acceptors (Lipinski definition) is 6. The SMILES string of the molecule is COCCN(CCO)C(=O)COc1cccc([N+](=O)[O-])c1. The van der Waals surface area contributed by atoms with Crippen LogP contribution in [-0.4, -0.2) is 60.9 Å². The summed E-state index contributed by atoms with van der Waals surface area (Å²) < 4.78 is 10.1. The molecule has 1 aromatic rings. The number of ether oxygens (including phenoxy) is 2. The maximum Gasteiger partial charge on any atom is 0.273 e. The first-order valence-electron chi connectivity index (χ1n) is 6.33. The van der Waals surface area contributed by atoms with E-state index in [-0.39, 0.29) is 37.1 Å². The lowest BCUT2D eigenvalue weighted by Gasteiger charge is -2.21. The molecule has 0 saturated heterocycles. The van der Waals surface area contributed by atoms with Crippen molar-refractivity contribution >= 4 is 11.6 Å². The maximum absolute atomic E-state index is 11.9. The average molecular weight is 298 g/mol. The van der Waals surface area contributed by atoms with Crippen molar-refractivity contribution in [1.29, 1.82) is 0 Å². The van der Waals surface area contributed by atoms with Gasteiger partial charge in [0.15, 0.2) is 6.61 Å². The first-order valence-corrected chi connectivity index (χ1v) is 6.33. The number of nitrogens with zero attached hydrogens (tertiary/aromatic N) is 2. The zero-order chi connectivity index (χ0) is 15.7. The number of carbonyl (C=O) groups is 1. The molecule has 0 saturated carbocycles. The molecule has 0 atom stereocenters. The second-order valence-electron chi connectivity index (χ2n) is 4.14. The van der Waals surface area contributed by atoms with Crippen molar-refractivity contribution in [3.63, 3.8) is 0 Å². The lowest BCUT2D eigenvalue weighted by Crippen LogP contribution is -2.39. The number of benzene rings is 1. The van der Waals surface area contributed by atoms with Gasteiger partial charge in [0.25, 0.3) is 11.6 Å². The van der Waals surface area contributed by atoms with E-state index in [0.29, 0.717) is 13.2 Å². The molecule has 0 heterocycles. The molecule has 8 heteroatoms. The Bertz CT molecular complexity index is 479. The molecule has 0 radical (unpaired) electrons. The summed E-state index contributed by atoms with van der Waals surface area (Å²) in [6.07, 6.45) is 0. The van der Waals surface area contributed by atoms with E-state index in [1.807, 2.05) is 0 Å². The number of nitro groups is 1. The Kier molecular flexibility index (Phi) is 7.13. The minimum absolute atomic E-state index is 0.105. The first-order chi connectivity index (χ1) is 10.1. The molecule has 1 N–H and O–H groups in total. The standard InChI is InChI=1S/C13H18N2O6/c1-20-8-6-14(5-7-16)13(17)10-21-12-4-2-3-11(9-12)15(18)19/h2-4,9,16H,5-8,10H2,1H3. The van der Waals surface area contributed by atoms with E-state index in [4.69, 9.17) is 14.6 Å². The molecule has 116 valence electrons. The van der Waals surface area contributed by atoms with Gasteiger partial charge in [0, 0.05) is 26.3 Å². The first kappa shape index (κ1) is 16.9. The average Bonchev–Trinajstić information content (AvgIpc) is 2.49. The summed E-state index contributed by atoms with van der Waals surface area (Å²) in [4.78, 5) is 23.4. The van der Waals surface area contributed by atoms with E-state index in [9.17, 15) is 14.9 Å². The highest BCUT2D eigenvalue weighted by atomic mass is 16.6. The molecular weight excluding hydrogens is 280 g/mol. The second-order valence-corrected chi connectivity index (χ2v) is 4.14. The van der Waals surface area contributed by atoms with Gasteiger partial charge in [-0.05, 0) is 6.07 Å². The van der Waals surface area contributed by atoms with Crippen LogP contribution in [0.3, 0.4) is 0 Å². The molecular formula is C13H18N2O6. The molecule has 0 unspecified atom stereocenters. The van der Waals surface area contributed by atoms with Crippen LogP contribution in [0.4, 0.5) is 5.69 Å². The summed E-state index contributed by atoms with van der Waals surface area (Å²) in [5.74, 6) is -0.0825. The van der Waals surface area contributed by atoms with Crippen LogP contribution in [0.2, 0.25) is 0 Å². The van der Waals surface area contributed by atoms with Gasteiger partial charge in [-0.15, -0.1) is 0 Å². The third-order valence-corrected chi connectivity index (χ3v) is 2.68. The Labute approximate surface area is 122 Å². The molecule has 21 heavy (non-hydrogen) atoms. The molecule has 0 aromatic heterocycles. The van der Waals surface area contributed by atoms with Gasteiger partial charge < -0.3 is 19.5 Å². The fourth-order valence-corrected chi connectivity index (χ4v) is 1.61. The molecule has 1 aromatic carbocycles. The summed E-state index contributed by atoms with van der Waals surface area (Å²) in [5.41, 5.74) is -0.105. The van der Waals surface area contributed by atoms with Crippen LogP contribution >= 0.6 is 0 Å². The van der Waals surface area contributed by atoms with Crippen molar-refractivity contribution in [2.75, 3.05) is 40.0 Å². The van der Waals surface area contributed by atoms with Gasteiger partial charge in [-0.3, -0.25) is 14.9 Å². The van der Waals surface area contributed by atoms with Crippen LogP contribution in [0.25, 0.3) is 0 Å². The Morgan fingerprint density at radius 1 is 1.43 bits per heavy atom. The van der Waals surface area contributed by atoms with Crippen LogP contribution in [0.15, 0.2) is 24.3 Å². The van der Waals surface area contributed by atoms with Crippen LogP contribution in [0.5, 0.6) is 5.75 Å². The molecule has 8 nitrogen and oxygen atoms in total. The fraction of sp³-hybridized carbons (Fsp3) is 0.462. The van der Waals surface area contributed by atoms with Crippen molar-refractivity contribution in [3.8, 4) is 5.75 Å². The van der Waals surface area contributed by atoms with Gasteiger partial charge in [0.05, 0.1) is 24.2 Å². The van der Waals surface area contributed by atoms with E-state index in [0.717, 1.165) is 0 Å². The molecule has 0 aliphatic carbocycles. The molecule has 0 aliphatic heterocycles. The summed E-state index contributed by atoms with van der Waals surface area (Å²) in [5, 5.41) is 19.6. The number of methoxy groups -OCH3 is 1. The van der Waals surface area contributed by atoms with Gasteiger partial charge in [0.1, 0.15) is 5.75 Å². The summed E-state index contributed by atoms with van der Waals surface area (Å²) in [6, 6.07) is 5.60. The van der Waals surface area contributed by atoms with E-state index < -0.39 is 4.92 Å². The third kappa shape index (κ3) is 5.76. The number of nitro benzene ring substituents is 1. The largest absolute Gasteiger partial charge is 0.484 e. The van der Waals surface area contributed by atoms with Gasteiger partial charge in [-0.2, -0.15) is 0 Å². The van der Waals surface area contributed by atoms with Crippen LogP contribution in [0, 0.1) is 10.1 Å². The quantitative estimate of drug-likeness (QED) is 0.524. The van der Waals surface area contributed by atoms with Crippen molar-refractivity contribution in [2.24, 2.45) is 0 Å². The van der Waals surface area contributed by atoms with Crippen LogP contribution in [0.1, 0.15) is 0 Å². The highest BCUT2D eigenvalue weighted by Crippen LogP contribution is 2.18. The normalized spacial score (nSPS) is 10.2. The zero-order valence-corrected chi connectivity index (χ0v) is 11.7. The predicted molar refractivity (Wildman–Crippen MR) is 74.1 cm³/mol. The molecule has 1 amide bonds. The van der Waals surface area contributed by atoms with Crippen molar-refractivity contribution in [3.05, 3.63) is 34.4 Å². The zero-order valence-electron chi connectivity index (χ0n) is 11.7. The number of carbonyl (C=O) groups excluding carboxylic acids is 1. The number of aliphatic hydroxyl groups excluding tert-OH is 1. The molecule has 0 bridgehead atoms. The third-order valence-electron chi connectivity index (χ3n) is 2.68. The lowest BCUT2D eigenvalue weighted by molar-refractivity contribution is -0.384. The number of non-ortho nitro benzene ring substituents is 1. The molecule has 0 fully saturated rings. The predicted octanol–water partition coefficient (Wildman–Crippen LogP) is 0.441. The van der Waals surface area contributed by atoms with E-state index in [1.54, 1.807) is 0 Å². The highest BCUT2D eigenvalue weighted by Gasteiger charge is 2.14.